The van der Waals surface area contributed by atoms with Gasteiger partial charge in [0.1, 0.15) is 5.01 Å². The lowest BCUT2D eigenvalue weighted by atomic mass is 10.1. The van der Waals surface area contributed by atoms with Crippen LogP contribution < -0.4 is 10.2 Å². The van der Waals surface area contributed by atoms with Gasteiger partial charge in [-0.25, -0.2) is 0 Å². The Kier molecular flexibility index (Phi) is 3.77. The summed E-state index contributed by atoms with van der Waals surface area (Å²) >= 11 is 1.45. The first kappa shape index (κ1) is 15.9. The second kappa shape index (κ2) is 6.16. The second-order valence-electron chi connectivity index (χ2n) is 7.42. The van der Waals surface area contributed by atoms with E-state index in [4.69, 9.17) is 0 Å². The van der Waals surface area contributed by atoms with Crippen LogP contribution in [0.3, 0.4) is 0 Å². The number of aryl methyl sites for hydroxylation is 2. The molecule has 1 saturated carbocycles. The highest BCUT2D eigenvalue weighted by Gasteiger charge is 2.36. The number of hydrogen-bond acceptors (Lipinski definition) is 5. The van der Waals surface area contributed by atoms with Crippen molar-refractivity contribution in [2.45, 2.75) is 44.4 Å². The van der Waals surface area contributed by atoms with Crippen molar-refractivity contribution in [3.05, 3.63) is 34.3 Å². The third-order valence-electron chi connectivity index (χ3n) is 5.49. The number of fused-ring (bicyclic) bond motifs is 1. The molecule has 0 spiro atoms. The summed E-state index contributed by atoms with van der Waals surface area (Å²) in [7, 11) is 0. The molecule has 26 heavy (non-hydrogen) atoms. The van der Waals surface area contributed by atoms with E-state index in [2.05, 4.69) is 27.6 Å². The lowest BCUT2D eigenvalue weighted by Crippen LogP contribution is -2.28. The normalized spacial score (nSPS) is 21.9. The van der Waals surface area contributed by atoms with Crippen LogP contribution in [0.1, 0.15) is 47.7 Å². The summed E-state index contributed by atoms with van der Waals surface area (Å²) in [6.45, 7) is 0.428. The largest absolute Gasteiger partial charge is 0.312 e. The molecular weight excluding hydrogens is 348 g/mol. The Balaban J connectivity index is 1.27. The molecule has 1 N–H and O–H groups in total. The van der Waals surface area contributed by atoms with Crippen LogP contribution in [-0.4, -0.2) is 28.6 Å². The topological polar surface area (TPSA) is 75.2 Å². The fourth-order valence-corrected chi connectivity index (χ4v) is 4.76. The van der Waals surface area contributed by atoms with E-state index in [1.807, 2.05) is 6.07 Å². The predicted molar refractivity (Wildman–Crippen MR) is 99.4 cm³/mol. The molecule has 134 valence electrons. The number of carbonyl (C=O) groups is 2. The first-order chi connectivity index (χ1) is 12.7. The average Bonchev–Trinajstić information content (AvgIpc) is 3.05. The lowest BCUT2D eigenvalue weighted by Gasteiger charge is -2.17. The number of benzene rings is 1. The number of carbonyl (C=O) groups excluding carboxylic acids is 2. The maximum absolute atomic E-state index is 12.6. The number of amides is 2. The van der Waals surface area contributed by atoms with E-state index in [-0.39, 0.29) is 24.2 Å². The van der Waals surface area contributed by atoms with Crippen molar-refractivity contribution in [3.63, 3.8) is 0 Å². The van der Waals surface area contributed by atoms with Crippen LogP contribution in [0.2, 0.25) is 0 Å². The Bertz CT molecular complexity index is 889. The van der Waals surface area contributed by atoms with Crippen LogP contribution >= 0.6 is 11.3 Å². The molecule has 3 aliphatic rings. The van der Waals surface area contributed by atoms with E-state index < -0.39 is 0 Å². The van der Waals surface area contributed by atoms with Crippen molar-refractivity contribution >= 4 is 34.0 Å². The third kappa shape index (κ3) is 2.90. The van der Waals surface area contributed by atoms with Gasteiger partial charge < -0.3 is 10.2 Å². The molecule has 7 heteroatoms. The Hall–Kier alpha value is -2.28. The molecule has 1 aromatic carbocycles. The number of anilines is 2. The second-order valence-corrected chi connectivity index (χ2v) is 8.43. The Morgan fingerprint density at radius 1 is 1.19 bits per heavy atom. The molecule has 1 aliphatic heterocycles. The molecule has 2 aliphatic carbocycles. The van der Waals surface area contributed by atoms with Crippen molar-refractivity contribution in [2.75, 3.05) is 16.8 Å². The maximum Gasteiger partial charge on any atom is 0.231 e. The number of nitrogens with one attached hydrogen (secondary N) is 1. The molecule has 0 bridgehead atoms. The summed E-state index contributed by atoms with van der Waals surface area (Å²) in [5.74, 6) is 0.0603. The first-order valence-electron chi connectivity index (χ1n) is 9.24. The summed E-state index contributed by atoms with van der Waals surface area (Å²) in [6, 6.07) is 6.25. The van der Waals surface area contributed by atoms with Crippen LogP contribution in [0.25, 0.3) is 0 Å². The van der Waals surface area contributed by atoms with Gasteiger partial charge in [-0.15, -0.1) is 10.2 Å². The molecule has 2 fully saturated rings. The van der Waals surface area contributed by atoms with Crippen molar-refractivity contribution in [2.24, 2.45) is 5.92 Å². The summed E-state index contributed by atoms with van der Waals surface area (Å²) in [4.78, 5) is 26.8. The minimum Gasteiger partial charge on any atom is -0.312 e. The zero-order valence-corrected chi connectivity index (χ0v) is 15.2. The van der Waals surface area contributed by atoms with Crippen LogP contribution in [-0.2, 0) is 22.4 Å². The van der Waals surface area contributed by atoms with Gasteiger partial charge in [0.2, 0.25) is 16.9 Å². The Labute approximate surface area is 155 Å². The van der Waals surface area contributed by atoms with Gasteiger partial charge in [0.05, 0.1) is 5.92 Å². The van der Waals surface area contributed by atoms with Gasteiger partial charge in [-0.2, -0.15) is 0 Å². The van der Waals surface area contributed by atoms with Crippen molar-refractivity contribution < 1.29 is 9.59 Å². The SMILES string of the molecule is O=C(Nc1nnc(C2CC2)s1)C1CC(=O)N(c2ccc3c(c2)CCC3)C1. The first-order valence-corrected chi connectivity index (χ1v) is 10.1. The highest BCUT2D eigenvalue weighted by molar-refractivity contribution is 7.15. The summed E-state index contributed by atoms with van der Waals surface area (Å²) in [6.07, 6.45) is 5.96. The van der Waals surface area contributed by atoms with E-state index in [1.165, 1.54) is 28.9 Å². The fraction of sp³-hybridized carbons (Fsp3) is 0.474. The van der Waals surface area contributed by atoms with Gasteiger partial charge >= 0.3 is 0 Å². The van der Waals surface area contributed by atoms with Crippen molar-refractivity contribution in [3.8, 4) is 0 Å². The summed E-state index contributed by atoms with van der Waals surface area (Å²) in [5.41, 5.74) is 3.64. The van der Waals surface area contributed by atoms with Gasteiger partial charge in [0, 0.05) is 24.6 Å². The number of hydrogen-bond donors (Lipinski definition) is 1. The standard InChI is InChI=1S/C19H20N4O2S/c24-16-9-14(17(25)20-19-22-21-18(26-19)12-4-5-12)10-23(16)15-7-6-11-2-1-3-13(11)8-15/h6-8,12,14H,1-5,9-10H2,(H,20,22,25). The number of aromatic nitrogens is 2. The monoisotopic (exact) mass is 368 g/mol. The maximum atomic E-state index is 12.6. The summed E-state index contributed by atoms with van der Waals surface area (Å²) < 4.78 is 0. The van der Waals surface area contributed by atoms with Crippen LogP contribution in [0.4, 0.5) is 10.8 Å². The van der Waals surface area contributed by atoms with Gasteiger partial charge in [-0.3, -0.25) is 9.59 Å². The molecule has 2 aromatic rings. The predicted octanol–water partition coefficient (Wildman–Crippen LogP) is 2.90. The third-order valence-corrected chi connectivity index (χ3v) is 6.49. The van der Waals surface area contributed by atoms with E-state index >= 15 is 0 Å². The quantitative estimate of drug-likeness (QED) is 0.900. The van der Waals surface area contributed by atoms with E-state index in [9.17, 15) is 9.59 Å². The van der Waals surface area contributed by atoms with Crippen molar-refractivity contribution in [1.29, 1.82) is 0 Å². The van der Waals surface area contributed by atoms with Crippen LogP contribution in [0.5, 0.6) is 0 Å². The molecule has 1 aromatic heterocycles. The molecule has 2 amide bonds. The summed E-state index contributed by atoms with van der Waals surface area (Å²) in [5, 5.41) is 12.6. The molecule has 2 heterocycles. The minimum atomic E-state index is -0.343. The van der Waals surface area contributed by atoms with Crippen LogP contribution in [0.15, 0.2) is 18.2 Å². The average molecular weight is 368 g/mol. The number of nitrogens with zero attached hydrogens (tertiary/aromatic N) is 3. The number of rotatable bonds is 4. The van der Waals surface area contributed by atoms with Crippen LogP contribution in [0, 0.1) is 5.92 Å². The smallest absolute Gasteiger partial charge is 0.231 e. The molecular formula is C19H20N4O2S. The van der Waals surface area contributed by atoms with Gasteiger partial charge in [0.25, 0.3) is 0 Å². The van der Waals surface area contributed by atoms with Gasteiger partial charge in [-0.1, -0.05) is 17.4 Å². The zero-order chi connectivity index (χ0) is 17.7. The zero-order valence-electron chi connectivity index (χ0n) is 14.4. The van der Waals surface area contributed by atoms with E-state index in [0.717, 1.165) is 36.4 Å². The van der Waals surface area contributed by atoms with E-state index in [1.54, 1.807) is 4.90 Å². The highest BCUT2D eigenvalue weighted by Crippen LogP contribution is 2.42. The molecule has 0 radical (unpaired) electrons. The lowest BCUT2D eigenvalue weighted by molar-refractivity contribution is -0.122. The minimum absolute atomic E-state index is 0.0130. The molecule has 6 nitrogen and oxygen atoms in total. The van der Waals surface area contributed by atoms with E-state index in [0.29, 0.717) is 17.6 Å². The van der Waals surface area contributed by atoms with Crippen molar-refractivity contribution in [1.82, 2.24) is 10.2 Å². The Morgan fingerprint density at radius 3 is 2.88 bits per heavy atom. The molecule has 1 saturated heterocycles. The Morgan fingerprint density at radius 2 is 2.04 bits per heavy atom. The molecule has 5 rings (SSSR count). The molecule has 1 atom stereocenters. The highest BCUT2D eigenvalue weighted by atomic mass is 32.1. The molecule has 1 unspecified atom stereocenters. The fourth-order valence-electron chi connectivity index (χ4n) is 3.85. The van der Waals surface area contributed by atoms with Gasteiger partial charge in [-0.05, 0) is 55.4 Å². The van der Waals surface area contributed by atoms with Gasteiger partial charge in [0.15, 0.2) is 0 Å².